The van der Waals surface area contributed by atoms with Crippen LogP contribution in [0.3, 0.4) is 0 Å². The Labute approximate surface area is 168 Å². The van der Waals surface area contributed by atoms with Gasteiger partial charge in [0.2, 0.25) is 15.9 Å². The Morgan fingerprint density at radius 1 is 1.32 bits per heavy atom. The number of nitrogens with one attached hydrogen (secondary N) is 1. The van der Waals surface area contributed by atoms with Crippen LogP contribution in [0.2, 0.25) is 5.02 Å². The maximum Gasteiger partial charge on any atom is 0.242 e. The molecule has 0 aliphatic carbocycles. The molecule has 9 heteroatoms. The minimum absolute atomic E-state index is 0.0193. The molecular formula is C19H19ClFN3O3S. The highest BCUT2D eigenvalue weighted by Gasteiger charge is 2.32. The molecule has 0 saturated heterocycles. The van der Waals surface area contributed by atoms with Gasteiger partial charge in [0.1, 0.15) is 5.82 Å². The van der Waals surface area contributed by atoms with Gasteiger partial charge < -0.3 is 0 Å². The molecule has 0 bridgehead atoms. The highest BCUT2D eigenvalue weighted by molar-refractivity contribution is 7.92. The monoisotopic (exact) mass is 423 g/mol. The summed E-state index contributed by atoms with van der Waals surface area (Å²) in [5.41, 5.74) is 2.41. The first-order chi connectivity index (χ1) is 13.2. The van der Waals surface area contributed by atoms with Crippen molar-refractivity contribution in [3.63, 3.8) is 0 Å². The van der Waals surface area contributed by atoms with Crippen LogP contribution in [0.4, 0.5) is 10.1 Å². The molecule has 0 unspecified atom stereocenters. The summed E-state index contributed by atoms with van der Waals surface area (Å²) in [6, 6.07) is 10.7. The fourth-order valence-electron chi connectivity index (χ4n) is 3.03. The number of hydrogen-bond donors (Lipinski definition) is 1. The number of sulfonamides is 1. The average molecular weight is 424 g/mol. The van der Waals surface area contributed by atoms with Crippen molar-refractivity contribution in [3.05, 3.63) is 64.4 Å². The highest BCUT2D eigenvalue weighted by atomic mass is 35.5. The SMILES string of the molecule is CCC(=O)N1N=C(c2cccc(NS(C)(=O)=O)c2)C[C@@H]1c1ccc(F)c(Cl)c1. The first kappa shape index (κ1) is 20.3. The minimum Gasteiger partial charge on any atom is -0.284 e. The zero-order valence-electron chi connectivity index (χ0n) is 15.3. The molecule has 3 rings (SSSR count). The molecule has 0 radical (unpaired) electrons. The average Bonchev–Trinajstić information content (AvgIpc) is 3.07. The largest absolute Gasteiger partial charge is 0.284 e. The summed E-state index contributed by atoms with van der Waals surface area (Å²) in [4.78, 5) is 12.4. The van der Waals surface area contributed by atoms with Crippen LogP contribution < -0.4 is 4.72 Å². The van der Waals surface area contributed by atoms with Crippen molar-refractivity contribution >= 4 is 38.9 Å². The Balaban J connectivity index is 1.96. The lowest BCUT2D eigenvalue weighted by molar-refractivity contribution is -0.132. The highest BCUT2D eigenvalue weighted by Crippen LogP contribution is 2.35. The first-order valence-electron chi connectivity index (χ1n) is 8.60. The number of carbonyl (C=O) groups excluding carboxylic acids is 1. The first-order valence-corrected chi connectivity index (χ1v) is 10.9. The van der Waals surface area contributed by atoms with E-state index in [1.54, 1.807) is 37.3 Å². The van der Waals surface area contributed by atoms with Crippen molar-refractivity contribution in [2.45, 2.75) is 25.8 Å². The third-order valence-corrected chi connectivity index (χ3v) is 5.19. The Morgan fingerprint density at radius 2 is 2.07 bits per heavy atom. The van der Waals surface area contributed by atoms with Gasteiger partial charge in [-0.3, -0.25) is 9.52 Å². The van der Waals surface area contributed by atoms with E-state index in [2.05, 4.69) is 9.82 Å². The van der Waals surface area contributed by atoms with Crippen molar-refractivity contribution in [2.75, 3.05) is 11.0 Å². The topological polar surface area (TPSA) is 78.8 Å². The molecule has 28 heavy (non-hydrogen) atoms. The smallest absolute Gasteiger partial charge is 0.242 e. The van der Waals surface area contributed by atoms with Crippen molar-refractivity contribution in [2.24, 2.45) is 5.10 Å². The van der Waals surface area contributed by atoms with Gasteiger partial charge in [-0.2, -0.15) is 5.10 Å². The Bertz CT molecular complexity index is 1060. The van der Waals surface area contributed by atoms with E-state index in [9.17, 15) is 17.6 Å². The number of nitrogens with zero attached hydrogens (tertiary/aromatic N) is 2. The maximum absolute atomic E-state index is 13.5. The normalized spacial score (nSPS) is 16.8. The van der Waals surface area contributed by atoms with Gasteiger partial charge in [0.25, 0.3) is 0 Å². The summed E-state index contributed by atoms with van der Waals surface area (Å²) in [5.74, 6) is -0.705. The third kappa shape index (κ3) is 4.51. The molecular weight excluding hydrogens is 405 g/mol. The second kappa shape index (κ2) is 7.89. The van der Waals surface area contributed by atoms with Crippen LogP contribution in [0.5, 0.6) is 0 Å². The van der Waals surface area contributed by atoms with Gasteiger partial charge in [-0.15, -0.1) is 0 Å². The molecule has 0 saturated carbocycles. The predicted octanol–water partition coefficient (Wildman–Crippen LogP) is 3.94. The quantitative estimate of drug-likeness (QED) is 0.791. The lowest BCUT2D eigenvalue weighted by Gasteiger charge is -2.21. The lowest BCUT2D eigenvalue weighted by atomic mass is 9.98. The molecule has 1 aliphatic rings. The van der Waals surface area contributed by atoms with E-state index >= 15 is 0 Å². The summed E-state index contributed by atoms with van der Waals surface area (Å²) in [6.45, 7) is 1.74. The fraction of sp³-hybridized carbons (Fsp3) is 0.263. The number of hydrogen-bond acceptors (Lipinski definition) is 4. The Hall–Kier alpha value is -2.45. The molecule has 0 aromatic heterocycles. The van der Waals surface area contributed by atoms with Gasteiger partial charge in [-0.25, -0.2) is 17.8 Å². The van der Waals surface area contributed by atoms with Crippen LogP contribution in [0, 0.1) is 5.82 Å². The van der Waals surface area contributed by atoms with Crippen LogP contribution in [-0.2, 0) is 14.8 Å². The van der Waals surface area contributed by atoms with Gasteiger partial charge in [0, 0.05) is 18.5 Å². The summed E-state index contributed by atoms with van der Waals surface area (Å²) >= 11 is 5.91. The third-order valence-electron chi connectivity index (χ3n) is 4.30. The van der Waals surface area contributed by atoms with Gasteiger partial charge in [-0.05, 0) is 35.4 Å². The van der Waals surface area contributed by atoms with E-state index < -0.39 is 21.9 Å². The van der Waals surface area contributed by atoms with Crippen molar-refractivity contribution in [1.29, 1.82) is 0 Å². The number of rotatable bonds is 5. The predicted molar refractivity (Wildman–Crippen MR) is 107 cm³/mol. The Morgan fingerprint density at radius 3 is 2.71 bits per heavy atom. The summed E-state index contributed by atoms with van der Waals surface area (Å²) < 4.78 is 38.9. The summed E-state index contributed by atoms with van der Waals surface area (Å²) in [6.07, 6.45) is 1.73. The molecule has 0 spiro atoms. The number of halogens is 2. The molecule has 1 N–H and O–H groups in total. The van der Waals surface area contributed by atoms with Gasteiger partial charge in [0.15, 0.2) is 0 Å². The molecule has 0 fully saturated rings. The maximum atomic E-state index is 13.5. The zero-order chi connectivity index (χ0) is 20.5. The van der Waals surface area contributed by atoms with Gasteiger partial charge >= 0.3 is 0 Å². The minimum atomic E-state index is -3.41. The molecule has 1 amide bonds. The number of carbonyl (C=O) groups is 1. The summed E-state index contributed by atoms with van der Waals surface area (Å²) in [5, 5.41) is 5.83. The van der Waals surface area contributed by atoms with Crippen molar-refractivity contribution in [1.82, 2.24) is 5.01 Å². The second-order valence-electron chi connectivity index (χ2n) is 6.49. The molecule has 2 aromatic rings. The zero-order valence-corrected chi connectivity index (χ0v) is 16.9. The van der Waals surface area contributed by atoms with Crippen LogP contribution in [0.1, 0.15) is 36.9 Å². The van der Waals surface area contributed by atoms with Crippen LogP contribution in [0.25, 0.3) is 0 Å². The molecule has 1 atom stereocenters. The molecule has 2 aromatic carbocycles. The van der Waals surface area contributed by atoms with Crippen LogP contribution in [0.15, 0.2) is 47.6 Å². The van der Waals surface area contributed by atoms with E-state index in [1.807, 2.05) is 0 Å². The van der Waals surface area contributed by atoms with E-state index in [0.29, 0.717) is 28.9 Å². The second-order valence-corrected chi connectivity index (χ2v) is 8.64. The van der Waals surface area contributed by atoms with Gasteiger partial charge in [0.05, 0.1) is 23.0 Å². The lowest BCUT2D eigenvalue weighted by Crippen LogP contribution is -2.26. The van der Waals surface area contributed by atoms with Gasteiger partial charge in [-0.1, -0.05) is 36.7 Å². The molecule has 1 heterocycles. The number of anilines is 1. The van der Waals surface area contributed by atoms with Crippen molar-refractivity contribution < 1.29 is 17.6 Å². The Kier molecular flexibility index (Phi) is 5.71. The van der Waals surface area contributed by atoms with E-state index in [4.69, 9.17) is 11.6 Å². The van der Waals surface area contributed by atoms with Crippen LogP contribution >= 0.6 is 11.6 Å². The van der Waals surface area contributed by atoms with E-state index in [0.717, 1.165) is 6.26 Å². The van der Waals surface area contributed by atoms with E-state index in [1.165, 1.54) is 17.1 Å². The van der Waals surface area contributed by atoms with E-state index in [-0.39, 0.29) is 17.4 Å². The fourth-order valence-corrected chi connectivity index (χ4v) is 3.78. The van der Waals surface area contributed by atoms with Crippen LogP contribution in [-0.4, -0.2) is 31.3 Å². The molecule has 1 aliphatic heterocycles. The summed E-state index contributed by atoms with van der Waals surface area (Å²) in [7, 11) is -3.41. The number of amides is 1. The number of hydrazone groups is 1. The van der Waals surface area contributed by atoms with Crippen molar-refractivity contribution in [3.8, 4) is 0 Å². The standard InChI is InChI=1S/C19H19ClFN3O3S/c1-3-19(25)24-18(13-7-8-16(21)15(20)10-13)11-17(22-24)12-5-4-6-14(9-12)23-28(2,26)27/h4-10,18,23H,3,11H2,1-2H3/t18-/m1/s1. The molecule has 6 nitrogen and oxygen atoms in total. The number of benzene rings is 2. The molecule has 148 valence electrons.